The van der Waals surface area contributed by atoms with E-state index in [0.29, 0.717) is 4.67 Å². The number of furan rings is 1. The third-order valence-corrected chi connectivity index (χ3v) is 2.64. The number of carbonyl (C=O) groups is 4. The molecule has 0 aromatic carbocycles. The Morgan fingerprint density at radius 1 is 1.24 bits per heavy atom. The summed E-state index contributed by atoms with van der Waals surface area (Å²) >= 11 is 3.01. The highest BCUT2D eigenvalue weighted by Crippen LogP contribution is 2.13. The number of carboxylic acids is 2. The predicted octanol–water partition coefficient (Wildman–Crippen LogP) is -0.184. The predicted molar refractivity (Wildman–Crippen MR) is 70.6 cm³/mol. The van der Waals surface area contributed by atoms with Crippen molar-refractivity contribution in [2.45, 2.75) is 12.5 Å². The number of nitrogens with one attached hydrogen (secondary N) is 2. The largest absolute Gasteiger partial charge is 0.481 e. The number of rotatable bonds is 7. The lowest BCUT2D eigenvalue weighted by molar-refractivity contribution is -0.147. The minimum absolute atomic E-state index is 0.0324. The smallest absolute Gasteiger partial charge is 0.326 e. The highest BCUT2D eigenvalue weighted by molar-refractivity contribution is 9.10. The number of amides is 2. The van der Waals surface area contributed by atoms with Crippen molar-refractivity contribution in [3.05, 3.63) is 22.6 Å². The molecule has 0 aliphatic rings. The number of halogens is 1. The molecule has 1 heterocycles. The van der Waals surface area contributed by atoms with E-state index in [-0.39, 0.29) is 5.76 Å². The van der Waals surface area contributed by atoms with E-state index in [0.717, 1.165) is 0 Å². The van der Waals surface area contributed by atoms with Crippen LogP contribution in [0, 0.1) is 0 Å². The molecule has 2 amide bonds. The van der Waals surface area contributed by atoms with Gasteiger partial charge in [-0.1, -0.05) is 0 Å². The van der Waals surface area contributed by atoms with E-state index in [1.807, 2.05) is 5.32 Å². The van der Waals surface area contributed by atoms with E-state index in [4.69, 9.17) is 14.6 Å². The minimum atomic E-state index is -1.57. The Balaban J connectivity index is 2.47. The van der Waals surface area contributed by atoms with Crippen LogP contribution in [0.2, 0.25) is 0 Å². The van der Waals surface area contributed by atoms with Gasteiger partial charge < -0.3 is 25.3 Å². The van der Waals surface area contributed by atoms with Crippen LogP contribution in [0.3, 0.4) is 0 Å². The van der Waals surface area contributed by atoms with Gasteiger partial charge in [-0.2, -0.15) is 0 Å². The standard InChI is InChI=1S/C11H11BrN2O7/c12-7-2-1-6(21-7)10(18)13-4-8(15)14-5(11(19)20)3-9(16)17/h1-2,5H,3-4H2,(H,13,18)(H,14,15)(H,16,17)(H,19,20)/t5-/m1/s1. The van der Waals surface area contributed by atoms with Gasteiger partial charge in [-0.15, -0.1) is 0 Å². The molecule has 0 unspecified atom stereocenters. The molecule has 0 aliphatic carbocycles. The number of carboxylic acid groups (broad SMARTS) is 2. The van der Waals surface area contributed by atoms with E-state index >= 15 is 0 Å². The molecule has 0 fully saturated rings. The zero-order valence-corrected chi connectivity index (χ0v) is 12.0. The van der Waals surface area contributed by atoms with Crippen LogP contribution in [0.4, 0.5) is 0 Å². The quantitative estimate of drug-likeness (QED) is 0.525. The van der Waals surface area contributed by atoms with Crippen LogP contribution in [-0.4, -0.2) is 46.6 Å². The van der Waals surface area contributed by atoms with Gasteiger partial charge in [0, 0.05) is 0 Å². The summed E-state index contributed by atoms with van der Waals surface area (Å²) in [6, 6.07) is 1.30. The number of carbonyl (C=O) groups excluding carboxylic acids is 2. The third-order valence-electron chi connectivity index (χ3n) is 2.22. The molecular weight excluding hydrogens is 352 g/mol. The topological polar surface area (TPSA) is 146 Å². The fourth-order valence-corrected chi connectivity index (χ4v) is 1.61. The lowest BCUT2D eigenvalue weighted by Gasteiger charge is -2.12. The molecule has 1 aromatic heterocycles. The first-order valence-electron chi connectivity index (χ1n) is 5.57. The van der Waals surface area contributed by atoms with Crippen molar-refractivity contribution in [2.75, 3.05) is 6.54 Å². The number of hydrogen-bond donors (Lipinski definition) is 4. The van der Waals surface area contributed by atoms with Crippen LogP contribution >= 0.6 is 15.9 Å². The molecular formula is C11H11BrN2O7. The molecule has 0 bridgehead atoms. The summed E-state index contributed by atoms with van der Waals surface area (Å²) in [5.41, 5.74) is 0. The summed E-state index contributed by atoms with van der Waals surface area (Å²) in [7, 11) is 0. The zero-order valence-electron chi connectivity index (χ0n) is 10.5. The lowest BCUT2D eigenvalue weighted by atomic mass is 10.2. The van der Waals surface area contributed by atoms with E-state index in [1.165, 1.54) is 12.1 Å². The third kappa shape index (κ3) is 5.65. The van der Waals surface area contributed by atoms with Crippen LogP contribution in [0.1, 0.15) is 17.0 Å². The highest BCUT2D eigenvalue weighted by atomic mass is 79.9. The maximum atomic E-state index is 11.5. The normalized spacial score (nSPS) is 11.5. The summed E-state index contributed by atoms with van der Waals surface area (Å²) < 4.78 is 5.29. The van der Waals surface area contributed by atoms with Gasteiger partial charge in [-0.3, -0.25) is 14.4 Å². The van der Waals surface area contributed by atoms with Crippen LogP contribution < -0.4 is 10.6 Å². The Kier molecular flexibility index (Phi) is 5.91. The van der Waals surface area contributed by atoms with Crippen molar-refractivity contribution in [1.82, 2.24) is 10.6 Å². The monoisotopic (exact) mass is 362 g/mol. The van der Waals surface area contributed by atoms with Gasteiger partial charge in [0.25, 0.3) is 5.91 Å². The van der Waals surface area contributed by atoms with Crippen LogP contribution in [-0.2, 0) is 14.4 Å². The molecule has 0 aliphatic heterocycles. The Labute approximate surface area is 126 Å². The maximum absolute atomic E-state index is 11.5. The maximum Gasteiger partial charge on any atom is 0.326 e. The highest BCUT2D eigenvalue weighted by Gasteiger charge is 2.23. The minimum Gasteiger partial charge on any atom is -0.481 e. The molecule has 1 rings (SSSR count). The van der Waals surface area contributed by atoms with Crippen LogP contribution in [0.5, 0.6) is 0 Å². The molecule has 114 valence electrons. The van der Waals surface area contributed by atoms with E-state index in [1.54, 1.807) is 0 Å². The Morgan fingerprint density at radius 2 is 1.90 bits per heavy atom. The lowest BCUT2D eigenvalue weighted by Crippen LogP contribution is -2.46. The van der Waals surface area contributed by atoms with Crippen molar-refractivity contribution >= 4 is 39.7 Å². The Bertz CT molecular complexity index is 569. The van der Waals surface area contributed by atoms with Gasteiger partial charge >= 0.3 is 11.9 Å². The van der Waals surface area contributed by atoms with E-state index in [9.17, 15) is 19.2 Å². The van der Waals surface area contributed by atoms with Gasteiger partial charge in [-0.05, 0) is 28.1 Å². The second-order valence-corrected chi connectivity index (χ2v) is 4.62. The summed E-state index contributed by atoms with van der Waals surface area (Å²) in [6.07, 6.45) is -0.764. The van der Waals surface area contributed by atoms with Crippen molar-refractivity contribution < 1.29 is 33.8 Å². The van der Waals surface area contributed by atoms with E-state index in [2.05, 4.69) is 21.2 Å². The number of hydrogen-bond acceptors (Lipinski definition) is 5. The second kappa shape index (κ2) is 7.43. The van der Waals surface area contributed by atoms with Crippen LogP contribution in [0.25, 0.3) is 0 Å². The van der Waals surface area contributed by atoms with Gasteiger partial charge in [0.1, 0.15) is 6.04 Å². The average Bonchev–Trinajstić information content (AvgIpc) is 2.81. The molecule has 0 saturated heterocycles. The molecule has 21 heavy (non-hydrogen) atoms. The first-order chi connectivity index (χ1) is 9.79. The fraction of sp³-hybridized carbons (Fsp3) is 0.273. The molecule has 4 N–H and O–H groups in total. The molecule has 0 spiro atoms. The average molecular weight is 363 g/mol. The van der Waals surface area contributed by atoms with E-state index < -0.39 is 42.8 Å². The first-order valence-corrected chi connectivity index (χ1v) is 6.36. The molecule has 0 saturated carbocycles. The van der Waals surface area contributed by atoms with Gasteiger partial charge in [0.05, 0.1) is 13.0 Å². The SMILES string of the molecule is O=C(O)C[C@@H](NC(=O)CNC(=O)c1ccc(Br)o1)C(=O)O. The zero-order chi connectivity index (χ0) is 16.0. The molecule has 0 radical (unpaired) electrons. The fourth-order valence-electron chi connectivity index (χ4n) is 1.30. The van der Waals surface area contributed by atoms with Crippen molar-refractivity contribution in [3.63, 3.8) is 0 Å². The summed E-state index contributed by atoms with van der Waals surface area (Å²) in [6.45, 7) is -0.513. The van der Waals surface area contributed by atoms with Gasteiger partial charge in [0.15, 0.2) is 10.4 Å². The van der Waals surface area contributed by atoms with Crippen molar-refractivity contribution in [1.29, 1.82) is 0 Å². The summed E-state index contributed by atoms with van der Waals surface area (Å²) in [5, 5.41) is 21.4. The van der Waals surface area contributed by atoms with Gasteiger partial charge in [0.2, 0.25) is 5.91 Å². The summed E-state index contributed by atoms with van der Waals surface area (Å²) in [5.74, 6) is -4.38. The van der Waals surface area contributed by atoms with Gasteiger partial charge in [-0.25, -0.2) is 4.79 Å². The molecule has 1 atom stereocenters. The summed E-state index contributed by atoms with van der Waals surface area (Å²) in [4.78, 5) is 44.2. The Hall–Kier alpha value is -2.36. The first kappa shape index (κ1) is 16.7. The number of aliphatic carboxylic acids is 2. The molecule has 9 nitrogen and oxygen atoms in total. The van der Waals surface area contributed by atoms with Crippen molar-refractivity contribution in [2.24, 2.45) is 0 Å². The molecule has 10 heteroatoms. The van der Waals surface area contributed by atoms with Crippen molar-refractivity contribution in [3.8, 4) is 0 Å². The van der Waals surface area contributed by atoms with Crippen LogP contribution in [0.15, 0.2) is 21.2 Å². The second-order valence-electron chi connectivity index (χ2n) is 3.84. The Morgan fingerprint density at radius 3 is 2.38 bits per heavy atom. The molecule has 1 aromatic rings.